The van der Waals surface area contributed by atoms with Crippen LogP contribution in [0.3, 0.4) is 0 Å². The maximum atomic E-state index is 13.5. The molecule has 0 saturated carbocycles. The molecule has 0 radical (unpaired) electrons. The summed E-state index contributed by atoms with van der Waals surface area (Å²) < 4.78 is 112. The maximum Gasteiger partial charge on any atom is 0.313 e. The second-order valence-corrected chi connectivity index (χ2v) is 16.1. The van der Waals surface area contributed by atoms with Crippen LogP contribution in [0.4, 0.5) is 13.2 Å². The van der Waals surface area contributed by atoms with Crippen molar-refractivity contribution in [2.45, 2.75) is 71.8 Å². The van der Waals surface area contributed by atoms with Gasteiger partial charge in [0.15, 0.2) is 11.6 Å². The lowest BCUT2D eigenvalue weighted by atomic mass is 9.94. The first kappa shape index (κ1) is 67.7. The summed E-state index contributed by atoms with van der Waals surface area (Å²) in [4.78, 5) is 24.9. The molecule has 1 fully saturated rings. The summed E-state index contributed by atoms with van der Waals surface area (Å²) in [6.45, 7) is 18.2. The Kier molecular flexibility index (Phi) is 47.2. The molecule has 2 heterocycles. The average molecular weight is 1060 g/mol. The van der Waals surface area contributed by atoms with Crippen molar-refractivity contribution in [1.82, 2.24) is 19.9 Å². The van der Waals surface area contributed by atoms with Gasteiger partial charge in [0.25, 0.3) is 0 Å². The highest BCUT2D eigenvalue weighted by atomic mass is 19.1. The minimum atomic E-state index is -1.30. The molecule has 2 aromatic rings. The molecule has 1 aliphatic rings. The van der Waals surface area contributed by atoms with Crippen molar-refractivity contribution in [3.63, 3.8) is 0 Å². The van der Waals surface area contributed by atoms with Gasteiger partial charge < -0.3 is 77.0 Å². The number of likely N-dealkylation sites (tertiary alicyclic amines) is 1. The predicted octanol–water partition coefficient (Wildman–Crippen LogP) is 4.51. The maximum absolute atomic E-state index is 13.5. The number of carbonyl (C=O) groups excluding carboxylic acids is 2. The average Bonchev–Trinajstić information content (AvgIpc) is 3.84. The van der Waals surface area contributed by atoms with Gasteiger partial charge in [-0.2, -0.15) is 0 Å². The summed E-state index contributed by atoms with van der Waals surface area (Å²) in [6.07, 6.45) is 10.2. The standard InChI is InChI=1S/C46H75F3N4O15.C3H8.CH5N/c47-41-37-43(48)46(44(49)38-41)68-45(55)7-13-56-15-17-58-19-21-60-23-25-62-27-29-64-31-33-66-35-36-67-34-32-65-30-28-63-26-24-61-22-20-59-18-16-57-14-11-53-39-42(50-51-53)3-1-2-8-52-9-4-40(5-10-52)6-12-54;1-3-2;1-2/h12,37-40H,1-11,13-36H2;3H2,1-2H3;2H2,1H3. The molecular weight excluding hydrogens is 968 g/mol. The van der Waals surface area contributed by atoms with Crippen molar-refractivity contribution < 1.29 is 84.3 Å². The van der Waals surface area contributed by atoms with Crippen LogP contribution < -0.4 is 10.5 Å². The Morgan fingerprint density at radius 2 is 0.959 bits per heavy atom. The number of carbonyl (C=O) groups is 2. The predicted molar refractivity (Wildman–Crippen MR) is 265 cm³/mol. The van der Waals surface area contributed by atoms with Crippen LogP contribution in [0.15, 0.2) is 18.3 Å². The number of ether oxygens (including phenoxy) is 13. The number of halogens is 3. The summed E-state index contributed by atoms with van der Waals surface area (Å²) >= 11 is 0. The van der Waals surface area contributed by atoms with E-state index in [1.165, 1.54) is 13.5 Å². The van der Waals surface area contributed by atoms with E-state index in [9.17, 15) is 22.8 Å². The lowest BCUT2D eigenvalue weighted by Crippen LogP contribution is -2.34. The monoisotopic (exact) mass is 1060 g/mol. The molecule has 0 bridgehead atoms. The smallest absolute Gasteiger partial charge is 0.313 e. The lowest BCUT2D eigenvalue weighted by Gasteiger charge is -2.31. The van der Waals surface area contributed by atoms with Crippen LogP contribution in [0.1, 0.15) is 64.5 Å². The quantitative estimate of drug-likeness (QED) is 0.0418. The van der Waals surface area contributed by atoms with Crippen LogP contribution in [-0.2, 0) is 79.4 Å². The van der Waals surface area contributed by atoms with Gasteiger partial charge in [-0.15, -0.1) is 5.10 Å². The summed E-state index contributed by atoms with van der Waals surface area (Å²) in [5, 5.41) is 8.51. The second kappa shape index (κ2) is 50.9. The van der Waals surface area contributed by atoms with Gasteiger partial charge in [0.05, 0.1) is 177 Å². The first-order valence-electron chi connectivity index (χ1n) is 25.8. The third kappa shape index (κ3) is 40.7. The van der Waals surface area contributed by atoms with Crippen LogP contribution in [-0.4, -0.2) is 217 Å². The Hall–Kier alpha value is -3.27. The van der Waals surface area contributed by atoms with Crippen molar-refractivity contribution in [3.05, 3.63) is 41.5 Å². The van der Waals surface area contributed by atoms with Crippen LogP contribution >= 0.6 is 0 Å². The Morgan fingerprint density at radius 3 is 1.34 bits per heavy atom. The van der Waals surface area contributed by atoms with Crippen LogP contribution in [0, 0.1) is 23.4 Å². The number of nitrogens with zero attached hydrogens (tertiary/aromatic N) is 4. The van der Waals surface area contributed by atoms with Crippen LogP contribution in [0.5, 0.6) is 5.75 Å². The molecule has 2 N–H and O–H groups in total. The fourth-order valence-electron chi connectivity index (χ4n) is 6.41. The summed E-state index contributed by atoms with van der Waals surface area (Å²) in [5.41, 5.74) is 5.51. The van der Waals surface area contributed by atoms with Crippen molar-refractivity contribution in [3.8, 4) is 5.75 Å². The van der Waals surface area contributed by atoms with Gasteiger partial charge in [-0.25, -0.2) is 17.9 Å². The largest absolute Gasteiger partial charge is 0.420 e. The van der Waals surface area contributed by atoms with Crippen molar-refractivity contribution in [2.24, 2.45) is 11.7 Å². The molecule has 1 saturated heterocycles. The first-order valence-corrected chi connectivity index (χ1v) is 25.8. The number of benzene rings is 1. The molecule has 1 aromatic carbocycles. The Morgan fingerprint density at radius 1 is 0.589 bits per heavy atom. The second-order valence-electron chi connectivity index (χ2n) is 16.1. The van der Waals surface area contributed by atoms with E-state index in [2.05, 4.69) is 39.5 Å². The van der Waals surface area contributed by atoms with Gasteiger partial charge in [-0.05, 0) is 64.7 Å². The molecule has 0 atom stereocenters. The van der Waals surface area contributed by atoms with Crippen molar-refractivity contribution in [2.75, 3.05) is 185 Å². The minimum absolute atomic E-state index is 0.0396. The van der Waals surface area contributed by atoms with Crippen molar-refractivity contribution in [1.29, 1.82) is 0 Å². The normalized spacial score (nSPS) is 12.9. The zero-order valence-electron chi connectivity index (χ0n) is 44.0. The molecule has 20 nitrogen and oxygen atoms in total. The van der Waals surface area contributed by atoms with Gasteiger partial charge in [-0.3, -0.25) is 4.79 Å². The zero-order valence-corrected chi connectivity index (χ0v) is 44.0. The molecule has 424 valence electrons. The van der Waals surface area contributed by atoms with E-state index in [0.717, 1.165) is 63.7 Å². The van der Waals surface area contributed by atoms with Gasteiger partial charge in [0.1, 0.15) is 12.1 Å². The number of esters is 1. The van der Waals surface area contributed by atoms with E-state index in [1.807, 2.05) is 10.9 Å². The highest BCUT2D eigenvalue weighted by molar-refractivity contribution is 5.72. The lowest BCUT2D eigenvalue weighted by molar-refractivity contribution is -0.136. The molecular formula is C50H88F3N5O15. The SMILES string of the molecule is CCC.CN.O=CCC1CCN(CCCCc2cn(CCOCCOCCOCCOCCOCCOCCOCCOCCOCCOCCOCCOCCC(=O)Oc3c(F)cc(F)cc3F)nn2)CC1. The number of aromatic nitrogens is 3. The molecule has 0 aliphatic carbocycles. The number of unbranched alkanes of at least 4 members (excludes halogenated alkanes) is 1. The zero-order chi connectivity index (χ0) is 53.1. The van der Waals surface area contributed by atoms with E-state index in [0.29, 0.717) is 170 Å². The van der Waals surface area contributed by atoms with E-state index >= 15 is 0 Å². The number of aldehydes is 1. The summed E-state index contributed by atoms with van der Waals surface area (Å²) in [5.74, 6) is -5.00. The van der Waals surface area contributed by atoms with E-state index < -0.39 is 29.2 Å². The molecule has 1 aliphatic heterocycles. The van der Waals surface area contributed by atoms with E-state index in [1.54, 1.807) is 0 Å². The molecule has 3 rings (SSSR count). The van der Waals surface area contributed by atoms with Gasteiger partial charge in [0, 0.05) is 24.8 Å². The number of hydrogen-bond donors (Lipinski definition) is 1. The highest BCUT2D eigenvalue weighted by Crippen LogP contribution is 2.23. The Bertz CT molecular complexity index is 1530. The van der Waals surface area contributed by atoms with Crippen LogP contribution in [0.25, 0.3) is 0 Å². The minimum Gasteiger partial charge on any atom is -0.420 e. The summed E-state index contributed by atoms with van der Waals surface area (Å²) in [7, 11) is 1.50. The molecule has 0 unspecified atom stereocenters. The summed E-state index contributed by atoms with van der Waals surface area (Å²) in [6, 6.07) is 0.851. The number of rotatable bonds is 47. The van der Waals surface area contributed by atoms with Crippen LogP contribution in [0.2, 0.25) is 0 Å². The first-order chi connectivity index (χ1) is 35.9. The third-order valence-corrected chi connectivity index (χ3v) is 10.1. The molecule has 73 heavy (non-hydrogen) atoms. The topological polar surface area (TPSA) is 214 Å². The highest BCUT2D eigenvalue weighted by Gasteiger charge is 2.19. The number of aryl methyl sites for hydroxylation is 1. The van der Waals surface area contributed by atoms with Gasteiger partial charge in [-0.1, -0.05) is 25.5 Å². The van der Waals surface area contributed by atoms with E-state index in [4.69, 9.17) is 56.8 Å². The Balaban J connectivity index is 0.00000513. The van der Waals surface area contributed by atoms with Gasteiger partial charge in [0.2, 0.25) is 5.75 Å². The fourth-order valence-corrected chi connectivity index (χ4v) is 6.41. The number of hydrogen-bond acceptors (Lipinski definition) is 19. The fraction of sp³-hybridized carbons (Fsp3) is 0.800. The third-order valence-electron chi connectivity index (χ3n) is 10.1. The van der Waals surface area contributed by atoms with E-state index in [-0.39, 0.29) is 26.2 Å². The molecule has 1 aromatic heterocycles. The molecule has 0 amide bonds. The van der Waals surface area contributed by atoms with Crippen molar-refractivity contribution >= 4 is 12.3 Å². The Labute approximate surface area is 431 Å². The molecule has 0 spiro atoms. The number of piperidine rings is 1. The van der Waals surface area contributed by atoms with Gasteiger partial charge >= 0.3 is 5.97 Å². The number of nitrogens with two attached hydrogens (primary N) is 1. The molecule has 23 heteroatoms.